The molecule has 0 aliphatic carbocycles. The van der Waals surface area contributed by atoms with E-state index in [1.165, 1.54) is 11.1 Å². The minimum Gasteiger partial charge on any atom is -0.355 e. The van der Waals surface area contributed by atoms with Crippen LogP contribution in [0.25, 0.3) is 11.0 Å². The fraction of sp³-hybridized carbons (Fsp3) is 0.364. The molecular formula is C22H27N3O. The zero-order valence-corrected chi connectivity index (χ0v) is 15.6. The van der Waals surface area contributed by atoms with E-state index in [2.05, 4.69) is 58.4 Å². The molecule has 0 saturated carbocycles. The average Bonchev–Trinajstić information content (AvgIpc) is 3.00. The predicted molar refractivity (Wildman–Crippen MR) is 106 cm³/mol. The minimum absolute atomic E-state index is 0.0136. The Bertz CT molecular complexity index is 852. The van der Waals surface area contributed by atoms with E-state index in [-0.39, 0.29) is 11.8 Å². The van der Waals surface area contributed by atoms with E-state index in [0.29, 0.717) is 6.54 Å². The van der Waals surface area contributed by atoms with Crippen LogP contribution in [-0.4, -0.2) is 22.0 Å². The lowest BCUT2D eigenvalue weighted by molar-refractivity contribution is -0.123. The number of carbonyl (C=O) groups is 1. The molecule has 0 aliphatic rings. The van der Waals surface area contributed by atoms with E-state index in [1.54, 1.807) is 0 Å². The maximum Gasteiger partial charge on any atom is 0.222 e. The molecule has 2 aromatic carbocycles. The molecule has 0 unspecified atom stereocenters. The third kappa shape index (κ3) is 4.51. The molecule has 0 radical (unpaired) electrons. The van der Waals surface area contributed by atoms with Gasteiger partial charge in [0, 0.05) is 25.4 Å². The van der Waals surface area contributed by atoms with Gasteiger partial charge in [0.25, 0.3) is 0 Å². The number of amides is 1. The number of nitrogens with zero attached hydrogens (tertiary/aromatic N) is 2. The summed E-state index contributed by atoms with van der Waals surface area (Å²) in [5, 5.41) is 2.99. The number of para-hydroxylation sites is 2. The lowest BCUT2D eigenvalue weighted by Gasteiger charge is -2.11. The molecule has 0 aliphatic heterocycles. The first kappa shape index (κ1) is 18.2. The van der Waals surface area contributed by atoms with E-state index < -0.39 is 0 Å². The summed E-state index contributed by atoms with van der Waals surface area (Å²) < 4.78 is 2.31. The molecular weight excluding hydrogens is 322 g/mol. The van der Waals surface area contributed by atoms with E-state index in [0.717, 1.165) is 37.1 Å². The summed E-state index contributed by atoms with van der Waals surface area (Å²) in [6.07, 6.45) is 2.87. The fourth-order valence-electron chi connectivity index (χ4n) is 3.15. The molecule has 1 aromatic heterocycles. The molecule has 3 rings (SSSR count). The van der Waals surface area contributed by atoms with Crippen LogP contribution in [0.5, 0.6) is 0 Å². The fourth-order valence-corrected chi connectivity index (χ4v) is 3.15. The second-order valence-corrected chi connectivity index (χ2v) is 6.95. The van der Waals surface area contributed by atoms with Gasteiger partial charge in [0.1, 0.15) is 5.82 Å². The van der Waals surface area contributed by atoms with Gasteiger partial charge < -0.3 is 9.88 Å². The van der Waals surface area contributed by atoms with Crippen molar-refractivity contribution in [3.63, 3.8) is 0 Å². The van der Waals surface area contributed by atoms with Crippen LogP contribution < -0.4 is 5.32 Å². The zero-order valence-electron chi connectivity index (χ0n) is 15.6. The Morgan fingerprint density at radius 3 is 2.54 bits per heavy atom. The average molecular weight is 349 g/mol. The molecule has 4 nitrogen and oxygen atoms in total. The Morgan fingerprint density at radius 2 is 1.77 bits per heavy atom. The van der Waals surface area contributed by atoms with Crippen LogP contribution in [0.2, 0.25) is 0 Å². The first-order valence-corrected chi connectivity index (χ1v) is 9.41. The lowest BCUT2D eigenvalue weighted by Crippen LogP contribution is -2.30. The quantitative estimate of drug-likeness (QED) is 0.668. The van der Waals surface area contributed by atoms with E-state index in [9.17, 15) is 4.79 Å². The van der Waals surface area contributed by atoms with Crippen LogP contribution in [0.3, 0.4) is 0 Å². The Balaban J connectivity index is 1.69. The molecule has 1 N–H and O–H groups in total. The van der Waals surface area contributed by atoms with Gasteiger partial charge in [-0.15, -0.1) is 0 Å². The highest BCUT2D eigenvalue weighted by Crippen LogP contribution is 2.17. The normalized spacial score (nSPS) is 11.2. The van der Waals surface area contributed by atoms with Gasteiger partial charge in [-0.25, -0.2) is 4.98 Å². The van der Waals surface area contributed by atoms with Gasteiger partial charge in [-0.2, -0.15) is 0 Å². The summed E-state index contributed by atoms with van der Waals surface area (Å²) >= 11 is 0. The van der Waals surface area contributed by atoms with Crippen molar-refractivity contribution in [1.29, 1.82) is 0 Å². The number of hydrogen-bond acceptors (Lipinski definition) is 2. The summed E-state index contributed by atoms with van der Waals surface area (Å²) in [4.78, 5) is 16.6. The van der Waals surface area contributed by atoms with Crippen molar-refractivity contribution in [2.75, 3.05) is 6.54 Å². The van der Waals surface area contributed by atoms with Crippen molar-refractivity contribution in [2.45, 2.75) is 39.7 Å². The number of benzene rings is 2. The molecule has 0 atom stereocenters. The Hall–Kier alpha value is -2.62. The number of aryl methyl sites for hydroxylation is 2. The third-order valence-corrected chi connectivity index (χ3v) is 4.60. The second-order valence-electron chi connectivity index (χ2n) is 6.95. The van der Waals surface area contributed by atoms with E-state index in [4.69, 9.17) is 4.98 Å². The smallest absolute Gasteiger partial charge is 0.222 e. The van der Waals surface area contributed by atoms with Crippen molar-refractivity contribution in [3.05, 3.63) is 66.0 Å². The second kappa shape index (κ2) is 8.65. The van der Waals surface area contributed by atoms with Crippen LogP contribution in [-0.2, 0) is 24.2 Å². The Kier molecular flexibility index (Phi) is 6.05. The molecule has 26 heavy (non-hydrogen) atoms. The third-order valence-electron chi connectivity index (χ3n) is 4.60. The highest BCUT2D eigenvalue weighted by Gasteiger charge is 2.11. The van der Waals surface area contributed by atoms with Gasteiger partial charge >= 0.3 is 0 Å². The molecule has 136 valence electrons. The number of carbonyl (C=O) groups excluding carboxylic acids is 1. The first-order chi connectivity index (χ1) is 12.6. The van der Waals surface area contributed by atoms with Crippen LogP contribution in [0.15, 0.2) is 54.6 Å². The van der Waals surface area contributed by atoms with Crippen LogP contribution >= 0.6 is 0 Å². The Labute approximate surface area is 155 Å². The summed E-state index contributed by atoms with van der Waals surface area (Å²) in [5.74, 6) is 1.15. The lowest BCUT2D eigenvalue weighted by atomic mass is 10.1. The Morgan fingerprint density at radius 1 is 1.04 bits per heavy atom. The van der Waals surface area contributed by atoms with Crippen LogP contribution in [0.1, 0.15) is 31.7 Å². The van der Waals surface area contributed by atoms with E-state index >= 15 is 0 Å². The standard InChI is InChI=1S/C22H27N3O/c1-17(2)22(26)23-15-14-21-24-19-12-6-7-13-20(19)25(21)16-8-11-18-9-4-3-5-10-18/h3-7,9-10,12-13,17H,8,11,14-16H2,1-2H3,(H,23,26). The highest BCUT2D eigenvalue weighted by molar-refractivity contribution is 5.78. The molecule has 3 aromatic rings. The number of fused-ring (bicyclic) bond motifs is 1. The molecule has 1 heterocycles. The van der Waals surface area contributed by atoms with Gasteiger partial charge in [-0.05, 0) is 30.5 Å². The molecule has 0 saturated heterocycles. The molecule has 0 bridgehead atoms. The van der Waals surface area contributed by atoms with Crippen molar-refractivity contribution < 1.29 is 4.79 Å². The van der Waals surface area contributed by atoms with Crippen molar-refractivity contribution in [3.8, 4) is 0 Å². The maximum absolute atomic E-state index is 11.8. The monoisotopic (exact) mass is 349 g/mol. The van der Waals surface area contributed by atoms with Crippen molar-refractivity contribution in [1.82, 2.24) is 14.9 Å². The summed E-state index contributed by atoms with van der Waals surface area (Å²) in [6, 6.07) is 18.8. The number of aromatic nitrogens is 2. The van der Waals surface area contributed by atoms with Gasteiger partial charge in [0.2, 0.25) is 5.91 Å². The molecule has 1 amide bonds. The number of rotatable bonds is 8. The van der Waals surface area contributed by atoms with Gasteiger partial charge in [-0.3, -0.25) is 4.79 Å². The highest BCUT2D eigenvalue weighted by atomic mass is 16.1. The number of imidazole rings is 1. The van der Waals surface area contributed by atoms with Gasteiger partial charge in [0.05, 0.1) is 11.0 Å². The first-order valence-electron chi connectivity index (χ1n) is 9.41. The van der Waals surface area contributed by atoms with Gasteiger partial charge in [-0.1, -0.05) is 56.3 Å². The molecule has 0 fully saturated rings. The number of nitrogens with one attached hydrogen (secondary N) is 1. The predicted octanol–water partition coefficient (Wildman–Crippen LogP) is 3.98. The molecule has 4 heteroatoms. The zero-order chi connectivity index (χ0) is 18.4. The summed E-state index contributed by atoms with van der Waals surface area (Å²) in [7, 11) is 0. The maximum atomic E-state index is 11.8. The molecule has 0 spiro atoms. The topological polar surface area (TPSA) is 46.9 Å². The summed E-state index contributed by atoms with van der Waals surface area (Å²) in [6.45, 7) is 5.38. The SMILES string of the molecule is CC(C)C(=O)NCCc1nc2ccccc2n1CCCc1ccccc1. The van der Waals surface area contributed by atoms with Crippen LogP contribution in [0.4, 0.5) is 0 Å². The largest absolute Gasteiger partial charge is 0.355 e. The van der Waals surface area contributed by atoms with Crippen molar-refractivity contribution in [2.24, 2.45) is 5.92 Å². The van der Waals surface area contributed by atoms with Gasteiger partial charge in [0.15, 0.2) is 0 Å². The van der Waals surface area contributed by atoms with E-state index in [1.807, 2.05) is 19.9 Å². The summed E-state index contributed by atoms with van der Waals surface area (Å²) in [5.41, 5.74) is 3.56. The number of hydrogen-bond donors (Lipinski definition) is 1. The minimum atomic E-state index is 0.0136. The van der Waals surface area contributed by atoms with Crippen LogP contribution in [0, 0.1) is 5.92 Å². The van der Waals surface area contributed by atoms with Crippen molar-refractivity contribution >= 4 is 16.9 Å².